The lowest BCUT2D eigenvalue weighted by Gasteiger charge is -2.21. The zero-order valence-corrected chi connectivity index (χ0v) is 13.5. The van der Waals surface area contributed by atoms with Crippen molar-refractivity contribution in [2.45, 2.75) is 39.3 Å². The van der Waals surface area contributed by atoms with E-state index in [-0.39, 0.29) is 5.78 Å². The summed E-state index contributed by atoms with van der Waals surface area (Å²) in [5.41, 5.74) is -0.631. The van der Waals surface area contributed by atoms with Crippen LogP contribution in [0.2, 0.25) is 0 Å². The van der Waals surface area contributed by atoms with Crippen molar-refractivity contribution in [2.24, 2.45) is 0 Å². The quantitative estimate of drug-likeness (QED) is 0.682. The Morgan fingerprint density at radius 3 is 2.29 bits per heavy atom. The molecule has 0 fully saturated rings. The Labute approximate surface area is 127 Å². The Bertz CT molecular complexity index is 544. The molecule has 1 rings (SSSR count). The molecule has 0 bridgehead atoms. The number of methoxy groups -OCH3 is 1. The normalized spacial score (nSPS) is 12.4. The molecular formula is C14H19NO5S. The van der Waals surface area contributed by atoms with Gasteiger partial charge in [0.2, 0.25) is 0 Å². The maximum absolute atomic E-state index is 12.2. The van der Waals surface area contributed by atoms with Crippen molar-refractivity contribution in [1.82, 2.24) is 5.32 Å². The fourth-order valence-corrected chi connectivity index (χ4v) is 2.40. The average Bonchev–Trinajstić information content (AvgIpc) is 2.83. The zero-order chi connectivity index (χ0) is 16.2. The lowest BCUT2D eigenvalue weighted by molar-refractivity contribution is 0.0496. The predicted octanol–water partition coefficient (Wildman–Crippen LogP) is 2.63. The van der Waals surface area contributed by atoms with E-state index < -0.39 is 23.7 Å². The highest BCUT2D eigenvalue weighted by Crippen LogP contribution is 2.19. The van der Waals surface area contributed by atoms with E-state index in [1.54, 1.807) is 27.7 Å². The molecule has 0 radical (unpaired) electrons. The van der Waals surface area contributed by atoms with Crippen LogP contribution in [-0.4, -0.2) is 36.6 Å². The van der Waals surface area contributed by atoms with E-state index in [9.17, 15) is 14.4 Å². The molecule has 1 N–H and O–H groups in total. The standard InChI is InChI=1S/C14H19NO5S/c1-8(15-13(18)20-14(2,3)4)11(16)9-6-7-10(21-9)12(17)19-5/h6-8H,1-5H3,(H,15,18). The summed E-state index contributed by atoms with van der Waals surface area (Å²) in [4.78, 5) is 35.8. The van der Waals surface area contributed by atoms with Crippen LogP contribution in [0, 0.1) is 0 Å². The minimum atomic E-state index is -0.746. The van der Waals surface area contributed by atoms with E-state index in [0.717, 1.165) is 11.3 Å². The topological polar surface area (TPSA) is 81.7 Å². The van der Waals surface area contributed by atoms with Crippen LogP contribution in [0.3, 0.4) is 0 Å². The molecule has 1 aromatic heterocycles. The first kappa shape index (κ1) is 17.2. The second-order valence-corrected chi connectivity index (χ2v) is 6.47. The van der Waals surface area contributed by atoms with Gasteiger partial charge in [-0.15, -0.1) is 11.3 Å². The summed E-state index contributed by atoms with van der Waals surface area (Å²) in [5, 5.41) is 2.47. The van der Waals surface area contributed by atoms with Crippen LogP contribution in [0.5, 0.6) is 0 Å². The van der Waals surface area contributed by atoms with Gasteiger partial charge in [-0.2, -0.15) is 0 Å². The van der Waals surface area contributed by atoms with Gasteiger partial charge in [0.25, 0.3) is 0 Å². The van der Waals surface area contributed by atoms with Crippen LogP contribution >= 0.6 is 11.3 Å². The second-order valence-electron chi connectivity index (χ2n) is 5.39. The highest BCUT2D eigenvalue weighted by Gasteiger charge is 2.23. The van der Waals surface area contributed by atoms with Gasteiger partial charge in [-0.25, -0.2) is 9.59 Å². The lowest BCUT2D eigenvalue weighted by Crippen LogP contribution is -2.41. The number of hydrogen-bond donors (Lipinski definition) is 1. The van der Waals surface area contributed by atoms with Crippen LogP contribution in [-0.2, 0) is 9.47 Å². The van der Waals surface area contributed by atoms with Gasteiger partial charge in [-0.1, -0.05) is 0 Å². The van der Waals surface area contributed by atoms with Gasteiger partial charge >= 0.3 is 12.1 Å². The number of amides is 1. The third kappa shape index (κ3) is 5.18. The molecule has 0 saturated heterocycles. The number of carbonyl (C=O) groups is 3. The monoisotopic (exact) mass is 313 g/mol. The molecular weight excluding hydrogens is 294 g/mol. The number of carbonyl (C=O) groups excluding carboxylic acids is 3. The summed E-state index contributed by atoms with van der Waals surface area (Å²) < 4.78 is 9.66. The summed E-state index contributed by atoms with van der Waals surface area (Å²) in [7, 11) is 1.27. The van der Waals surface area contributed by atoms with E-state index in [0.29, 0.717) is 9.75 Å². The molecule has 1 amide bonds. The molecule has 0 aromatic carbocycles. The maximum atomic E-state index is 12.2. The van der Waals surface area contributed by atoms with E-state index in [1.807, 2.05) is 0 Å². The summed E-state index contributed by atoms with van der Waals surface area (Å²) in [5.74, 6) is -0.784. The van der Waals surface area contributed by atoms with Crippen LogP contribution in [0.15, 0.2) is 12.1 Å². The number of ketones is 1. The van der Waals surface area contributed by atoms with Crippen LogP contribution in [0.25, 0.3) is 0 Å². The fraction of sp³-hybridized carbons (Fsp3) is 0.500. The first-order chi connectivity index (χ1) is 9.64. The van der Waals surface area contributed by atoms with E-state index in [2.05, 4.69) is 10.1 Å². The fourth-order valence-electron chi connectivity index (χ4n) is 1.44. The molecule has 0 aliphatic carbocycles. The number of hydrogen-bond acceptors (Lipinski definition) is 6. The minimum absolute atomic E-state index is 0.291. The Hall–Kier alpha value is -1.89. The molecule has 1 aromatic rings. The van der Waals surface area contributed by atoms with Crippen molar-refractivity contribution in [3.63, 3.8) is 0 Å². The largest absolute Gasteiger partial charge is 0.465 e. The third-order valence-corrected chi connectivity index (χ3v) is 3.44. The van der Waals surface area contributed by atoms with Crippen molar-refractivity contribution in [3.8, 4) is 0 Å². The van der Waals surface area contributed by atoms with Crippen LogP contribution in [0.4, 0.5) is 4.79 Å². The summed E-state index contributed by atoms with van der Waals surface area (Å²) in [6.07, 6.45) is -0.659. The van der Waals surface area contributed by atoms with Gasteiger partial charge in [0.15, 0.2) is 5.78 Å². The zero-order valence-electron chi connectivity index (χ0n) is 12.7. The summed E-state index contributed by atoms with van der Waals surface area (Å²) in [6, 6.07) is 2.31. The van der Waals surface area contributed by atoms with Crippen LogP contribution in [0.1, 0.15) is 47.0 Å². The van der Waals surface area contributed by atoms with Gasteiger partial charge in [-0.05, 0) is 39.8 Å². The number of Topliss-reactive ketones (excluding diaryl/α,β-unsaturated/α-hetero) is 1. The summed E-state index contributed by atoms with van der Waals surface area (Å²) >= 11 is 1.03. The molecule has 1 atom stereocenters. The average molecular weight is 313 g/mol. The smallest absolute Gasteiger partial charge is 0.408 e. The van der Waals surface area contributed by atoms with Crippen molar-refractivity contribution in [2.75, 3.05) is 7.11 Å². The summed E-state index contributed by atoms with van der Waals surface area (Å²) in [6.45, 7) is 6.77. The molecule has 0 aliphatic heterocycles. The number of thiophene rings is 1. The molecule has 0 aliphatic rings. The molecule has 21 heavy (non-hydrogen) atoms. The molecule has 0 saturated carbocycles. The van der Waals surface area contributed by atoms with Crippen LogP contribution < -0.4 is 5.32 Å². The second kappa shape index (κ2) is 6.71. The molecule has 0 spiro atoms. The first-order valence-electron chi connectivity index (χ1n) is 6.36. The van der Waals surface area contributed by atoms with Crippen molar-refractivity contribution >= 4 is 29.2 Å². The van der Waals surface area contributed by atoms with Gasteiger partial charge in [0.1, 0.15) is 10.5 Å². The molecule has 1 heterocycles. The first-order valence-corrected chi connectivity index (χ1v) is 7.17. The van der Waals surface area contributed by atoms with Gasteiger partial charge < -0.3 is 14.8 Å². The predicted molar refractivity (Wildman–Crippen MR) is 78.8 cm³/mol. The number of rotatable bonds is 4. The van der Waals surface area contributed by atoms with Gasteiger partial charge in [0, 0.05) is 0 Å². The molecule has 116 valence electrons. The van der Waals surface area contributed by atoms with Gasteiger partial charge in [-0.3, -0.25) is 4.79 Å². The minimum Gasteiger partial charge on any atom is -0.465 e. The number of alkyl carbamates (subject to hydrolysis) is 1. The van der Waals surface area contributed by atoms with Crippen molar-refractivity contribution < 1.29 is 23.9 Å². The SMILES string of the molecule is COC(=O)c1ccc(C(=O)C(C)NC(=O)OC(C)(C)C)s1. The van der Waals surface area contributed by atoms with Crippen molar-refractivity contribution in [3.05, 3.63) is 21.9 Å². The highest BCUT2D eigenvalue weighted by atomic mass is 32.1. The number of esters is 1. The maximum Gasteiger partial charge on any atom is 0.408 e. The number of ether oxygens (including phenoxy) is 2. The highest BCUT2D eigenvalue weighted by molar-refractivity contribution is 7.15. The Morgan fingerprint density at radius 2 is 1.76 bits per heavy atom. The van der Waals surface area contributed by atoms with E-state index in [1.165, 1.54) is 19.2 Å². The molecule has 1 unspecified atom stereocenters. The Kier molecular flexibility index (Phi) is 5.48. The van der Waals surface area contributed by atoms with Gasteiger partial charge in [0.05, 0.1) is 18.0 Å². The van der Waals surface area contributed by atoms with E-state index in [4.69, 9.17) is 4.74 Å². The molecule has 6 nitrogen and oxygen atoms in total. The Balaban J connectivity index is 2.68. The lowest BCUT2D eigenvalue weighted by atomic mass is 10.2. The van der Waals surface area contributed by atoms with E-state index >= 15 is 0 Å². The van der Waals surface area contributed by atoms with Crippen molar-refractivity contribution in [1.29, 1.82) is 0 Å². The molecule has 7 heteroatoms. The Morgan fingerprint density at radius 1 is 1.19 bits per heavy atom. The third-order valence-electron chi connectivity index (χ3n) is 2.36. The number of nitrogens with one attached hydrogen (secondary N) is 1.